The number of hydrogen-bond donors (Lipinski definition) is 1. The molecule has 3 rings (SSSR count). The van der Waals surface area contributed by atoms with Gasteiger partial charge >= 0.3 is 5.97 Å². The normalized spacial score (nSPS) is 11.8. The van der Waals surface area contributed by atoms with Gasteiger partial charge in [0, 0.05) is 17.2 Å². The Morgan fingerprint density at radius 1 is 1.09 bits per heavy atom. The summed E-state index contributed by atoms with van der Waals surface area (Å²) in [5.74, 6) is 0.361. The number of nitrogens with zero attached hydrogens (tertiary/aromatic N) is 1. The Labute approximate surface area is 185 Å². The van der Waals surface area contributed by atoms with Crippen LogP contribution in [-0.2, 0) is 9.53 Å². The van der Waals surface area contributed by atoms with E-state index in [2.05, 4.69) is 10.5 Å². The highest BCUT2D eigenvalue weighted by Crippen LogP contribution is 2.34. The molecule has 1 aromatic heterocycles. The number of allylic oxidation sites excluding steroid dienone is 1. The Hall–Kier alpha value is -4.07. The fourth-order valence-corrected chi connectivity index (χ4v) is 3.11. The molecule has 8 nitrogen and oxygen atoms in total. The monoisotopic (exact) mass is 436 g/mol. The predicted molar refractivity (Wildman–Crippen MR) is 119 cm³/mol. The van der Waals surface area contributed by atoms with E-state index in [0.29, 0.717) is 28.4 Å². The van der Waals surface area contributed by atoms with E-state index in [-0.39, 0.29) is 11.4 Å². The van der Waals surface area contributed by atoms with Gasteiger partial charge in [-0.2, -0.15) is 0 Å². The third-order valence-corrected chi connectivity index (χ3v) is 4.53. The number of nitrogens with one attached hydrogen (secondary N) is 1. The minimum atomic E-state index is -1.21. The van der Waals surface area contributed by atoms with Crippen LogP contribution in [0.1, 0.15) is 40.3 Å². The average molecular weight is 436 g/mol. The fourth-order valence-electron chi connectivity index (χ4n) is 3.11. The number of methoxy groups -OCH3 is 2. The van der Waals surface area contributed by atoms with Crippen LogP contribution in [-0.4, -0.2) is 31.3 Å². The molecule has 0 aliphatic rings. The predicted octanol–water partition coefficient (Wildman–Crippen LogP) is 4.57. The van der Waals surface area contributed by atoms with Crippen molar-refractivity contribution in [1.82, 2.24) is 5.16 Å². The minimum Gasteiger partial charge on any atom is -0.493 e. The maximum atomic E-state index is 13.1. The summed E-state index contributed by atoms with van der Waals surface area (Å²) in [4.78, 5) is 26.0. The van der Waals surface area contributed by atoms with Crippen LogP contribution < -0.4 is 14.8 Å². The minimum absolute atomic E-state index is 0.210. The van der Waals surface area contributed by atoms with Gasteiger partial charge < -0.3 is 24.1 Å². The number of carbonyl (C=O) groups excluding carboxylic acids is 2. The van der Waals surface area contributed by atoms with E-state index < -0.39 is 18.0 Å². The van der Waals surface area contributed by atoms with Crippen LogP contribution >= 0.6 is 0 Å². The number of ether oxygens (including phenoxy) is 3. The lowest BCUT2D eigenvalue weighted by Crippen LogP contribution is -2.26. The van der Waals surface area contributed by atoms with Crippen LogP contribution in [0.2, 0.25) is 0 Å². The van der Waals surface area contributed by atoms with Crippen LogP contribution in [0.15, 0.2) is 59.1 Å². The number of carbonyl (C=O) groups is 2. The molecule has 0 bridgehead atoms. The third-order valence-electron chi connectivity index (χ3n) is 4.53. The van der Waals surface area contributed by atoms with Crippen molar-refractivity contribution < 1.29 is 28.3 Å². The molecule has 2 aromatic carbocycles. The van der Waals surface area contributed by atoms with E-state index in [1.165, 1.54) is 20.3 Å². The van der Waals surface area contributed by atoms with Crippen molar-refractivity contribution in [3.05, 3.63) is 77.1 Å². The number of hydrogen-bond acceptors (Lipinski definition) is 7. The summed E-state index contributed by atoms with van der Waals surface area (Å²) in [5.41, 5.74) is 1.36. The zero-order valence-corrected chi connectivity index (χ0v) is 18.2. The van der Waals surface area contributed by atoms with E-state index >= 15 is 0 Å². The number of amides is 1. The molecule has 166 valence electrons. The first-order valence-corrected chi connectivity index (χ1v) is 9.85. The summed E-state index contributed by atoms with van der Waals surface area (Å²) in [6.45, 7) is 3.55. The lowest BCUT2D eigenvalue weighted by molar-refractivity contribution is -0.125. The highest BCUT2D eigenvalue weighted by Gasteiger charge is 2.27. The molecule has 8 heteroatoms. The van der Waals surface area contributed by atoms with Gasteiger partial charge in [-0.15, -0.1) is 0 Å². The van der Waals surface area contributed by atoms with Gasteiger partial charge in [-0.3, -0.25) is 4.79 Å². The summed E-state index contributed by atoms with van der Waals surface area (Å²) in [5, 5.41) is 6.37. The van der Waals surface area contributed by atoms with Crippen molar-refractivity contribution in [3.63, 3.8) is 0 Å². The maximum Gasteiger partial charge on any atom is 0.339 e. The molecule has 0 spiro atoms. The number of benzene rings is 2. The molecule has 0 aliphatic carbocycles. The molecule has 1 amide bonds. The molecule has 0 fully saturated rings. The number of rotatable bonds is 8. The third kappa shape index (κ3) is 5.15. The highest BCUT2D eigenvalue weighted by atomic mass is 16.5. The second kappa shape index (κ2) is 10.3. The van der Waals surface area contributed by atoms with Crippen LogP contribution in [0.3, 0.4) is 0 Å². The molecule has 1 N–H and O–H groups in total. The van der Waals surface area contributed by atoms with Crippen LogP contribution in [0.25, 0.3) is 6.08 Å². The number of aryl methyl sites for hydroxylation is 1. The number of esters is 1. The van der Waals surface area contributed by atoms with Crippen molar-refractivity contribution in [3.8, 4) is 11.5 Å². The van der Waals surface area contributed by atoms with Crippen LogP contribution in [0.4, 0.5) is 5.82 Å². The Balaban J connectivity index is 1.93. The second-order valence-corrected chi connectivity index (χ2v) is 6.81. The summed E-state index contributed by atoms with van der Waals surface area (Å²) >= 11 is 0. The van der Waals surface area contributed by atoms with Gasteiger partial charge in [0.2, 0.25) is 6.10 Å². The van der Waals surface area contributed by atoms with Gasteiger partial charge in [-0.05, 0) is 26.0 Å². The molecule has 0 radical (unpaired) electrons. The van der Waals surface area contributed by atoms with E-state index in [9.17, 15) is 9.59 Å². The molecule has 3 aromatic rings. The standard InChI is InChI=1S/C24H24N2O6/c1-5-9-17-13-18(14-19(29-3)21(17)30-4)24(28)31-22(16-10-7-6-8-11-16)23(27)25-20-12-15(2)32-26-20/h5-14,22H,1-4H3,(H,25,26,27)/b9-5+. The van der Waals surface area contributed by atoms with Crippen molar-refractivity contribution >= 4 is 23.8 Å². The van der Waals surface area contributed by atoms with E-state index in [4.69, 9.17) is 18.7 Å². The SMILES string of the molecule is C/C=C/c1cc(C(=O)OC(C(=O)Nc2cc(C)on2)c2ccccc2)cc(OC)c1OC. The van der Waals surface area contributed by atoms with Gasteiger partial charge in [0.15, 0.2) is 17.3 Å². The highest BCUT2D eigenvalue weighted by molar-refractivity contribution is 5.98. The van der Waals surface area contributed by atoms with Gasteiger partial charge in [0.25, 0.3) is 5.91 Å². The quantitative estimate of drug-likeness (QED) is 0.516. The van der Waals surface area contributed by atoms with E-state index in [0.717, 1.165) is 0 Å². The van der Waals surface area contributed by atoms with Gasteiger partial charge in [0.05, 0.1) is 19.8 Å². The smallest absolute Gasteiger partial charge is 0.339 e. The maximum absolute atomic E-state index is 13.1. The molecule has 32 heavy (non-hydrogen) atoms. The van der Waals surface area contributed by atoms with Gasteiger partial charge in [-0.1, -0.05) is 47.6 Å². The summed E-state index contributed by atoms with van der Waals surface area (Å²) in [6, 6.07) is 13.4. The van der Waals surface area contributed by atoms with Gasteiger partial charge in [0.1, 0.15) is 5.76 Å². The van der Waals surface area contributed by atoms with Crippen molar-refractivity contribution in [1.29, 1.82) is 0 Å². The zero-order chi connectivity index (χ0) is 23.1. The average Bonchev–Trinajstić information content (AvgIpc) is 3.21. The second-order valence-electron chi connectivity index (χ2n) is 6.81. The molecule has 0 aliphatic heterocycles. The van der Waals surface area contributed by atoms with E-state index in [1.807, 2.05) is 13.0 Å². The topological polar surface area (TPSA) is 99.9 Å². The molecule has 0 saturated carbocycles. The molecule has 1 unspecified atom stereocenters. The van der Waals surface area contributed by atoms with E-state index in [1.54, 1.807) is 55.5 Å². The Morgan fingerprint density at radius 3 is 2.44 bits per heavy atom. The lowest BCUT2D eigenvalue weighted by Gasteiger charge is -2.18. The number of anilines is 1. The molecular weight excluding hydrogens is 412 g/mol. The summed E-state index contributed by atoms with van der Waals surface area (Å²) in [7, 11) is 3.00. The molecule has 1 heterocycles. The Kier molecular flexibility index (Phi) is 7.28. The Morgan fingerprint density at radius 2 is 1.84 bits per heavy atom. The van der Waals surface area contributed by atoms with Crippen LogP contribution in [0, 0.1) is 6.92 Å². The molecular formula is C24H24N2O6. The fraction of sp³-hybridized carbons (Fsp3) is 0.208. The molecule has 1 atom stereocenters. The first-order chi connectivity index (χ1) is 15.5. The first kappa shape index (κ1) is 22.6. The number of aromatic nitrogens is 1. The van der Waals surface area contributed by atoms with Crippen molar-refractivity contribution in [2.45, 2.75) is 20.0 Å². The van der Waals surface area contributed by atoms with Crippen molar-refractivity contribution in [2.75, 3.05) is 19.5 Å². The summed E-state index contributed by atoms with van der Waals surface area (Å²) in [6.07, 6.45) is 2.39. The first-order valence-electron chi connectivity index (χ1n) is 9.85. The summed E-state index contributed by atoms with van der Waals surface area (Å²) < 4.78 is 21.4. The Bertz CT molecular complexity index is 1120. The molecule has 0 saturated heterocycles. The lowest BCUT2D eigenvalue weighted by atomic mass is 10.1. The van der Waals surface area contributed by atoms with Gasteiger partial charge in [-0.25, -0.2) is 4.79 Å². The van der Waals surface area contributed by atoms with Crippen LogP contribution in [0.5, 0.6) is 11.5 Å². The van der Waals surface area contributed by atoms with Crippen molar-refractivity contribution in [2.24, 2.45) is 0 Å². The largest absolute Gasteiger partial charge is 0.493 e. The zero-order valence-electron chi connectivity index (χ0n) is 18.2.